The number of alkyl halides is 1. The number of sulfonamides is 1. The summed E-state index contributed by atoms with van der Waals surface area (Å²) in [5.41, 5.74) is 0.191. The fraction of sp³-hybridized carbons (Fsp3) is 0.700. The molecule has 0 aromatic carbocycles. The Kier molecular flexibility index (Phi) is 3.92. The predicted octanol–water partition coefficient (Wildman–Crippen LogP) is 2.30. The molecule has 1 aliphatic rings. The summed E-state index contributed by atoms with van der Waals surface area (Å²) >= 11 is 4.62. The van der Waals surface area contributed by atoms with Gasteiger partial charge in [0.2, 0.25) is 0 Å². The third kappa shape index (κ3) is 3.27. The number of rotatable bonds is 6. The first kappa shape index (κ1) is 13.5. The van der Waals surface area contributed by atoms with Gasteiger partial charge in [-0.2, -0.15) is 0 Å². The molecule has 0 atom stereocenters. The van der Waals surface area contributed by atoms with Gasteiger partial charge in [-0.05, 0) is 31.6 Å². The van der Waals surface area contributed by atoms with Gasteiger partial charge in [-0.3, -0.25) is 0 Å². The van der Waals surface area contributed by atoms with Crippen LogP contribution in [0, 0.1) is 12.3 Å². The van der Waals surface area contributed by atoms with Crippen LogP contribution in [0.3, 0.4) is 0 Å². The number of nitrogens with one attached hydrogen (secondary N) is 1. The van der Waals surface area contributed by atoms with Gasteiger partial charge < -0.3 is 0 Å². The lowest BCUT2D eigenvalue weighted by Gasteiger charge is -2.13. The average molecular weight is 339 g/mol. The Labute approximate surface area is 114 Å². The molecule has 0 spiro atoms. The van der Waals surface area contributed by atoms with E-state index in [2.05, 4.69) is 25.6 Å². The van der Waals surface area contributed by atoms with E-state index in [0.29, 0.717) is 10.8 Å². The van der Waals surface area contributed by atoms with Crippen LogP contribution in [0.5, 0.6) is 0 Å². The van der Waals surface area contributed by atoms with Crippen molar-refractivity contribution < 1.29 is 8.42 Å². The van der Waals surface area contributed by atoms with E-state index < -0.39 is 10.0 Å². The van der Waals surface area contributed by atoms with E-state index in [1.165, 1.54) is 17.5 Å². The van der Waals surface area contributed by atoms with Gasteiger partial charge in [0.05, 0.1) is 11.2 Å². The molecular formula is C10H15BrN2O2S2. The van der Waals surface area contributed by atoms with E-state index in [4.69, 9.17) is 0 Å². The van der Waals surface area contributed by atoms with Crippen LogP contribution in [0.2, 0.25) is 0 Å². The van der Waals surface area contributed by atoms with Crippen molar-refractivity contribution in [1.29, 1.82) is 0 Å². The number of nitrogens with zero attached hydrogens (tertiary/aromatic N) is 1. The van der Waals surface area contributed by atoms with Crippen LogP contribution in [-0.4, -0.2) is 25.3 Å². The molecule has 0 bridgehead atoms. The van der Waals surface area contributed by atoms with E-state index in [9.17, 15) is 8.42 Å². The van der Waals surface area contributed by atoms with Crippen LogP contribution in [-0.2, 0) is 10.0 Å². The quantitative estimate of drug-likeness (QED) is 0.809. The Morgan fingerprint density at radius 3 is 2.76 bits per heavy atom. The number of thiazole rings is 1. The van der Waals surface area contributed by atoms with Crippen LogP contribution in [0.15, 0.2) is 10.4 Å². The Balaban J connectivity index is 1.99. The molecule has 1 aromatic heterocycles. The minimum atomic E-state index is -3.36. The van der Waals surface area contributed by atoms with Crippen molar-refractivity contribution in [3.63, 3.8) is 0 Å². The van der Waals surface area contributed by atoms with E-state index in [1.54, 1.807) is 6.92 Å². The van der Waals surface area contributed by atoms with Gasteiger partial charge in [0.1, 0.15) is 0 Å². The SMILES string of the molecule is Cc1ncc(S(=O)(=O)NCC2(CCBr)CC2)s1. The fourth-order valence-electron chi connectivity index (χ4n) is 1.68. The van der Waals surface area contributed by atoms with Gasteiger partial charge in [-0.15, -0.1) is 11.3 Å². The second-order valence-electron chi connectivity index (χ2n) is 4.46. The van der Waals surface area contributed by atoms with Gasteiger partial charge >= 0.3 is 0 Å². The van der Waals surface area contributed by atoms with Gasteiger partial charge in [-0.25, -0.2) is 18.1 Å². The average Bonchev–Trinajstić information content (AvgIpc) is 2.89. The van der Waals surface area contributed by atoms with E-state index in [1.807, 2.05) is 0 Å². The Morgan fingerprint density at radius 1 is 1.59 bits per heavy atom. The van der Waals surface area contributed by atoms with Gasteiger partial charge in [0.15, 0.2) is 4.21 Å². The first-order chi connectivity index (χ1) is 7.97. The summed E-state index contributed by atoms with van der Waals surface area (Å²) in [7, 11) is -3.36. The zero-order valence-corrected chi connectivity index (χ0v) is 12.8. The topological polar surface area (TPSA) is 59.1 Å². The maximum Gasteiger partial charge on any atom is 0.251 e. The molecule has 7 heteroatoms. The molecule has 2 rings (SSSR count). The van der Waals surface area contributed by atoms with Crippen molar-refractivity contribution in [1.82, 2.24) is 9.71 Å². The van der Waals surface area contributed by atoms with Crippen molar-refractivity contribution in [2.24, 2.45) is 5.41 Å². The van der Waals surface area contributed by atoms with Crippen molar-refractivity contribution in [2.75, 3.05) is 11.9 Å². The van der Waals surface area contributed by atoms with Gasteiger partial charge in [-0.1, -0.05) is 15.9 Å². The van der Waals surface area contributed by atoms with Crippen LogP contribution in [0.4, 0.5) is 0 Å². The normalized spacial score (nSPS) is 18.2. The molecule has 1 saturated carbocycles. The number of aryl methyl sites for hydroxylation is 1. The standard InChI is InChI=1S/C10H15BrN2O2S2/c1-8-12-6-9(16-8)17(14,15)13-7-10(2-3-10)4-5-11/h6,13H,2-5,7H2,1H3. The summed E-state index contributed by atoms with van der Waals surface area (Å²) in [6.45, 7) is 2.34. The molecule has 96 valence electrons. The fourth-order valence-corrected chi connectivity index (χ4v) is 4.83. The lowest BCUT2D eigenvalue weighted by atomic mass is 10.1. The highest BCUT2D eigenvalue weighted by Gasteiger charge is 2.42. The predicted molar refractivity (Wildman–Crippen MR) is 72.1 cm³/mol. The highest BCUT2D eigenvalue weighted by atomic mass is 79.9. The highest BCUT2D eigenvalue weighted by molar-refractivity contribution is 9.09. The largest absolute Gasteiger partial charge is 0.251 e. The molecule has 0 radical (unpaired) electrons. The van der Waals surface area contributed by atoms with Crippen molar-refractivity contribution >= 4 is 37.3 Å². The lowest BCUT2D eigenvalue weighted by molar-refractivity contribution is 0.481. The van der Waals surface area contributed by atoms with Gasteiger partial charge in [0.25, 0.3) is 10.0 Å². The molecular weight excluding hydrogens is 324 g/mol. The van der Waals surface area contributed by atoms with Gasteiger partial charge in [0, 0.05) is 11.9 Å². The smallest absolute Gasteiger partial charge is 0.249 e. The molecule has 0 amide bonds. The van der Waals surface area contributed by atoms with Crippen molar-refractivity contribution in [2.45, 2.75) is 30.4 Å². The highest BCUT2D eigenvalue weighted by Crippen LogP contribution is 2.48. The molecule has 1 heterocycles. The third-order valence-electron chi connectivity index (χ3n) is 3.08. The lowest BCUT2D eigenvalue weighted by Crippen LogP contribution is -2.30. The Bertz CT molecular complexity index is 494. The zero-order valence-electron chi connectivity index (χ0n) is 9.57. The summed E-state index contributed by atoms with van der Waals surface area (Å²) < 4.78 is 27.0. The summed E-state index contributed by atoms with van der Waals surface area (Å²) in [5, 5.41) is 1.70. The Morgan fingerprint density at radius 2 is 2.29 bits per heavy atom. The van der Waals surface area contributed by atoms with E-state index >= 15 is 0 Å². The molecule has 0 saturated heterocycles. The minimum absolute atomic E-state index is 0.191. The molecule has 1 aromatic rings. The third-order valence-corrected chi connectivity index (χ3v) is 6.26. The minimum Gasteiger partial charge on any atom is -0.249 e. The molecule has 4 nitrogen and oxygen atoms in total. The number of aromatic nitrogens is 1. The molecule has 0 aliphatic heterocycles. The van der Waals surface area contributed by atoms with Crippen LogP contribution in [0.1, 0.15) is 24.3 Å². The van der Waals surface area contributed by atoms with Crippen molar-refractivity contribution in [3.05, 3.63) is 11.2 Å². The summed E-state index contributed by atoms with van der Waals surface area (Å²) in [6.07, 6.45) is 4.68. The van der Waals surface area contributed by atoms with Crippen LogP contribution < -0.4 is 4.72 Å². The first-order valence-electron chi connectivity index (χ1n) is 5.46. The summed E-state index contributed by atoms with van der Waals surface area (Å²) in [5.74, 6) is 0. The first-order valence-corrected chi connectivity index (χ1v) is 8.88. The van der Waals surface area contributed by atoms with E-state index in [0.717, 1.165) is 29.6 Å². The Hall–Kier alpha value is 0.0200. The maximum absolute atomic E-state index is 12.0. The maximum atomic E-state index is 12.0. The zero-order chi connectivity index (χ0) is 12.5. The summed E-state index contributed by atoms with van der Waals surface area (Å²) in [4.78, 5) is 3.97. The van der Waals surface area contributed by atoms with E-state index in [-0.39, 0.29) is 5.41 Å². The van der Waals surface area contributed by atoms with Crippen LogP contribution in [0.25, 0.3) is 0 Å². The summed E-state index contributed by atoms with van der Waals surface area (Å²) in [6, 6.07) is 0. The number of hydrogen-bond donors (Lipinski definition) is 1. The molecule has 17 heavy (non-hydrogen) atoms. The molecule has 0 unspecified atom stereocenters. The molecule has 1 fully saturated rings. The second-order valence-corrected chi connectivity index (χ2v) is 8.48. The molecule has 1 aliphatic carbocycles. The van der Waals surface area contributed by atoms with Crippen molar-refractivity contribution in [3.8, 4) is 0 Å². The number of hydrogen-bond acceptors (Lipinski definition) is 4. The van der Waals surface area contributed by atoms with Crippen LogP contribution >= 0.6 is 27.3 Å². The molecule has 1 N–H and O–H groups in total. The monoisotopic (exact) mass is 338 g/mol. The number of halogens is 1. The second kappa shape index (κ2) is 4.95.